The van der Waals surface area contributed by atoms with Gasteiger partial charge in [-0.25, -0.2) is 13.1 Å². The van der Waals surface area contributed by atoms with Crippen LogP contribution in [0, 0.1) is 12.8 Å². The molecule has 8 heteroatoms. The molecule has 1 heterocycles. The number of nitrogens with zero attached hydrogens (tertiary/aromatic N) is 2. The van der Waals surface area contributed by atoms with Gasteiger partial charge in [0.1, 0.15) is 0 Å². The maximum Gasteiger partial charge on any atom is 0.240 e. The molecule has 4 rings (SSSR count). The highest BCUT2D eigenvalue weighted by molar-refractivity contribution is 7.89. The molecular weight excluding hydrogens is 388 g/mol. The molecule has 0 radical (unpaired) electrons. The van der Waals surface area contributed by atoms with Crippen molar-refractivity contribution >= 4 is 15.9 Å². The number of carbonyl (C=O) groups excluding carboxylic acids is 1. The number of fused-ring (bicyclic) bond motifs is 1. The lowest BCUT2D eigenvalue weighted by atomic mass is 10.1. The van der Waals surface area contributed by atoms with E-state index < -0.39 is 10.0 Å². The van der Waals surface area contributed by atoms with Crippen LogP contribution in [0.25, 0.3) is 0 Å². The number of hydrogen-bond acceptors (Lipinski definition) is 4. The topological polar surface area (TPSA) is 93.1 Å². The quantitative estimate of drug-likeness (QED) is 0.721. The predicted molar refractivity (Wildman–Crippen MR) is 110 cm³/mol. The zero-order valence-corrected chi connectivity index (χ0v) is 17.5. The second kappa shape index (κ2) is 8.28. The van der Waals surface area contributed by atoms with Crippen LogP contribution in [-0.2, 0) is 34.2 Å². The van der Waals surface area contributed by atoms with Gasteiger partial charge in [-0.15, -0.1) is 0 Å². The third kappa shape index (κ3) is 4.70. The molecule has 2 N–H and O–H groups in total. The van der Waals surface area contributed by atoms with E-state index in [1.165, 1.54) is 0 Å². The van der Waals surface area contributed by atoms with Crippen molar-refractivity contribution in [3.8, 4) is 0 Å². The minimum atomic E-state index is -3.58. The summed E-state index contributed by atoms with van der Waals surface area (Å²) in [6.45, 7) is 2.66. The number of nitrogens with one attached hydrogen (secondary N) is 2. The molecule has 1 amide bonds. The Morgan fingerprint density at radius 2 is 1.93 bits per heavy atom. The van der Waals surface area contributed by atoms with Gasteiger partial charge in [-0.1, -0.05) is 18.9 Å². The first-order chi connectivity index (χ1) is 13.9. The van der Waals surface area contributed by atoms with E-state index >= 15 is 0 Å². The van der Waals surface area contributed by atoms with Crippen LogP contribution in [0.4, 0.5) is 0 Å². The van der Waals surface area contributed by atoms with Gasteiger partial charge in [0, 0.05) is 24.7 Å². The van der Waals surface area contributed by atoms with E-state index in [0.29, 0.717) is 13.0 Å². The van der Waals surface area contributed by atoms with Crippen LogP contribution in [0.5, 0.6) is 0 Å². The normalized spacial score (nSPS) is 19.4. The minimum absolute atomic E-state index is 0.0621. The van der Waals surface area contributed by atoms with Gasteiger partial charge in [0.25, 0.3) is 0 Å². The summed E-state index contributed by atoms with van der Waals surface area (Å²) in [6, 6.07) is 7.23. The molecule has 2 aliphatic carbocycles. The number of aryl methyl sites for hydroxylation is 1. The molecule has 2 aliphatic rings. The van der Waals surface area contributed by atoms with Crippen LogP contribution >= 0.6 is 0 Å². The highest BCUT2D eigenvalue weighted by Crippen LogP contribution is 2.28. The molecule has 1 aromatic heterocycles. The summed E-state index contributed by atoms with van der Waals surface area (Å²) in [5.41, 5.74) is 3.03. The number of benzene rings is 1. The first kappa shape index (κ1) is 20.1. The largest absolute Gasteiger partial charge is 0.352 e. The number of aromatic nitrogens is 2. The van der Waals surface area contributed by atoms with E-state index in [9.17, 15) is 13.2 Å². The Morgan fingerprint density at radius 1 is 1.17 bits per heavy atom. The minimum Gasteiger partial charge on any atom is -0.352 e. The van der Waals surface area contributed by atoms with Crippen molar-refractivity contribution in [1.82, 2.24) is 19.8 Å². The average Bonchev–Trinajstić information content (AvgIpc) is 3.41. The molecule has 1 unspecified atom stereocenters. The van der Waals surface area contributed by atoms with Crippen LogP contribution in [-0.4, -0.2) is 36.7 Å². The number of carbonyl (C=O) groups is 1. The fraction of sp³-hybridized carbons (Fsp3) is 0.524. The van der Waals surface area contributed by atoms with E-state index in [-0.39, 0.29) is 29.3 Å². The van der Waals surface area contributed by atoms with E-state index in [0.717, 1.165) is 48.9 Å². The fourth-order valence-electron chi connectivity index (χ4n) is 4.34. The maximum absolute atomic E-state index is 12.7. The summed E-state index contributed by atoms with van der Waals surface area (Å²) in [6.07, 6.45) is 7.52. The summed E-state index contributed by atoms with van der Waals surface area (Å²) in [5, 5.41) is 7.42. The predicted octanol–water partition coefficient (Wildman–Crippen LogP) is 1.94. The van der Waals surface area contributed by atoms with E-state index in [1.54, 1.807) is 16.8 Å². The van der Waals surface area contributed by atoms with Crippen molar-refractivity contribution < 1.29 is 13.2 Å². The van der Waals surface area contributed by atoms with Gasteiger partial charge in [0.15, 0.2) is 0 Å². The molecule has 0 spiro atoms. The van der Waals surface area contributed by atoms with Crippen molar-refractivity contribution in [1.29, 1.82) is 0 Å². The first-order valence-corrected chi connectivity index (χ1v) is 11.8. The number of rotatable bonds is 7. The highest BCUT2D eigenvalue weighted by atomic mass is 32.2. The maximum atomic E-state index is 12.7. The average molecular weight is 417 g/mol. The summed E-state index contributed by atoms with van der Waals surface area (Å²) in [5.74, 6) is 0.307. The number of sulfonamides is 1. The van der Waals surface area contributed by atoms with Crippen LogP contribution < -0.4 is 10.0 Å². The molecule has 0 aliphatic heterocycles. The van der Waals surface area contributed by atoms with Crippen molar-refractivity contribution in [2.24, 2.45) is 5.92 Å². The standard InChI is InChI=1S/C21H28N4O3S/c1-15-8-10-25(24-15)11-9-22-29(27,28)20-7-6-17-12-19(13-18(17)14-20)23-21(26)16-4-2-3-5-16/h6-8,10,14,16,19,22H,2-5,9,11-13H2,1H3,(H,23,26). The second-order valence-corrected chi connectivity index (χ2v) is 9.91. The summed E-state index contributed by atoms with van der Waals surface area (Å²) >= 11 is 0. The smallest absolute Gasteiger partial charge is 0.240 e. The van der Waals surface area contributed by atoms with Crippen molar-refractivity contribution in [2.75, 3.05) is 6.54 Å². The Balaban J connectivity index is 1.35. The molecule has 1 atom stereocenters. The Labute approximate surface area is 171 Å². The molecule has 1 saturated carbocycles. The van der Waals surface area contributed by atoms with Gasteiger partial charge < -0.3 is 5.32 Å². The number of hydrogen-bond donors (Lipinski definition) is 2. The lowest BCUT2D eigenvalue weighted by Gasteiger charge is -2.15. The van der Waals surface area contributed by atoms with Crippen LogP contribution in [0.1, 0.15) is 42.5 Å². The molecule has 2 aromatic rings. The van der Waals surface area contributed by atoms with E-state index in [1.807, 2.05) is 25.3 Å². The molecule has 0 bridgehead atoms. The molecule has 1 aromatic carbocycles. The van der Waals surface area contributed by atoms with Gasteiger partial charge in [-0.05, 0) is 61.9 Å². The zero-order chi connectivity index (χ0) is 20.4. The highest BCUT2D eigenvalue weighted by Gasteiger charge is 2.28. The monoisotopic (exact) mass is 416 g/mol. The van der Waals surface area contributed by atoms with Gasteiger partial charge in [-0.2, -0.15) is 5.10 Å². The summed E-state index contributed by atoms with van der Waals surface area (Å²) in [4.78, 5) is 12.7. The lowest BCUT2D eigenvalue weighted by molar-refractivity contribution is -0.125. The van der Waals surface area contributed by atoms with Crippen molar-refractivity contribution in [3.63, 3.8) is 0 Å². The molecule has 29 heavy (non-hydrogen) atoms. The summed E-state index contributed by atoms with van der Waals surface area (Å²) in [7, 11) is -3.58. The van der Waals surface area contributed by atoms with Crippen molar-refractivity contribution in [2.45, 2.75) is 62.9 Å². The SMILES string of the molecule is Cc1ccn(CCNS(=O)(=O)c2ccc3c(c2)CC(NC(=O)C2CCCC2)C3)n1. The zero-order valence-electron chi connectivity index (χ0n) is 16.7. The Bertz CT molecular complexity index is 993. The molecule has 1 fully saturated rings. The van der Waals surface area contributed by atoms with Gasteiger partial charge in [0.05, 0.1) is 17.1 Å². The Kier molecular flexibility index (Phi) is 5.74. The van der Waals surface area contributed by atoms with Crippen LogP contribution in [0.2, 0.25) is 0 Å². The third-order valence-corrected chi connectivity index (χ3v) is 7.36. The number of amides is 1. The van der Waals surface area contributed by atoms with Gasteiger partial charge in [-0.3, -0.25) is 9.48 Å². The lowest BCUT2D eigenvalue weighted by Crippen LogP contribution is -2.38. The molecule has 7 nitrogen and oxygen atoms in total. The fourth-order valence-corrected chi connectivity index (χ4v) is 5.41. The van der Waals surface area contributed by atoms with Crippen molar-refractivity contribution in [3.05, 3.63) is 47.3 Å². The van der Waals surface area contributed by atoms with Gasteiger partial charge >= 0.3 is 0 Å². The molecular formula is C21H28N4O3S. The Morgan fingerprint density at radius 3 is 2.66 bits per heavy atom. The van der Waals surface area contributed by atoms with Gasteiger partial charge in [0.2, 0.25) is 15.9 Å². The molecule has 0 saturated heterocycles. The van der Waals surface area contributed by atoms with E-state index in [4.69, 9.17) is 0 Å². The van der Waals surface area contributed by atoms with E-state index in [2.05, 4.69) is 15.1 Å². The van der Waals surface area contributed by atoms with Crippen LogP contribution in [0.3, 0.4) is 0 Å². The first-order valence-electron chi connectivity index (χ1n) is 10.3. The Hall–Kier alpha value is -2.19. The molecule has 156 valence electrons. The van der Waals surface area contributed by atoms with Crippen LogP contribution in [0.15, 0.2) is 35.4 Å². The summed E-state index contributed by atoms with van der Waals surface area (Å²) < 4.78 is 29.7. The third-order valence-electron chi connectivity index (χ3n) is 5.90. The second-order valence-electron chi connectivity index (χ2n) is 8.14.